The van der Waals surface area contributed by atoms with E-state index in [-0.39, 0.29) is 11.8 Å². The second-order valence-electron chi connectivity index (χ2n) is 4.64. The minimum Gasteiger partial charge on any atom is -0.454 e. The molecule has 21 heavy (non-hydrogen) atoms. The Balaban J connectivity index is 2.35. The van der Waals surface area contributed by atoms with Gasteiger partial charge < -0.3 is 10.1 Å². The first-order valence-electron chi connectivity index (χ1n) is 6.67. The predicted molar refractivity (Wildman–Crippen MR) is 82.7 cm³/mol. The van der Waals surface area contributed by atoms with Gasteiger partial charge in [0.2, 0.25) is 0 Å². The Morgan fingerprint density at radius 1 is 1.14 bits per heavy atom. The predicted octanol–water partition coefficient (Wildman–Crippen LogP) is 5.19. The molecule has 0 saturated heterocycles. The van der Waals surface area contributed by atoms with Crippen LogP contribution < -0.4 is 10.1 Å². The van der Waals surface area contributed by atoms with Gasteiger partial charge in [-0.1, -0.05) is 28.9 Å². The highest BCUT2D eigenvalue weighted by Crippen LogP contribution is 2.33. The maximum absolute atomic E-state index is 13.7. The zero-order valence-corrected chi connectivity index (χ0v) is 13.4. The van der Waals surface area contributed by atoms with Crippen LogP contribution in [-0.4, -0.2) is 6.54 Å². The van der Waals surface area contributed by atoms with Crippen LogP contribution in [0.15, 0.2) is 40.9 Å². The van der Waals surface area contributed by atoms with Crippen molar-refractivity contribution in [3.8, 4) is 11.5 Å². The Morgan fingerprint density at radius 3 is 2.57 bits per heavy atom. The minimum absolute atomic E-state index is 0.000511. The first-order valence-corrected chi connectivity index (χ1v) is 7.46. The highest BCUT2D eigenvalue weighted by atomic mass is 79.9. The van der Waals surface area contributed by atoms with Gasteiger partial charge in [-0.15, -0.1) is 0 Å². The van der Waals surface area contributed by atoms with E-state index < -0.39 is 11.6 Å². The molecule has 0 aliphatic rings. The average molecular weight is 356 g/mol. The molecule has 1 atom stereocenters. The quantitative estimate of drug-likeness (QED) is 0.796. The van der Waals surface area contributed by atoms with Crippen LogP contribution in [0.2, 0.25) is 0 Å². The molecule has 0 saturated carbocycles. The number of rotatable bonds is 5. The first kappa shape index (κ1) is 15.9. The zero-order valence-electron chi connectivity index (χ0n) is 11.8. The van der Waals surface area contributed by atoms with E-state index in [1.165, 1.54) is 12.1 Å². The molecule has 1 unspecified atom stereocenters. The van der Waals surface area contributed by atoms with Crippen molar-refractivity contribution in [2.24, 2.45) is 0 Å². The van der Waals surface area contributed by atoms with Crippen molar-refractivity contribution in [2.45, 2.75) is 19.9 Å². The molecule has 0 spiro atoms. The molecule has 2 nitrogen and oxygen atoms in total. The number of nitrogens with one attached hydrogen (secondary N) is 1. The van der Waals surface area contributed by atoms with Crippen LogP contribution in [0, 0.1) is 11.6 Å². The average Bonchev–Trinajstić information content (AvgIpc) is 2.42. The van der Waals surface area contributed by atoms with Gasteiger partial charge in [0, 0.05) is 22.1 Å². The Hall–Kier alpha value is -1.46. The molecule has 0 amide bonds. The summed E-state index contributed by atoms with van der Waals surface area (Å²) in [6, 6.07) is 8.90. The third-order valence-electron chi connectivity index (χ3n) is 3.07. The van der Waals surface area contributed by atoms with Crippen molar-refractivity contribution in [2.75, 3.05) is 6.54 Å². The van der Waals surface area contributed by atoms with E-state index in [2.05, 4.69) is 21.2 Å². The smallest absolute Gasteiger partial charge is 0.168 e. The third-order valence-corrected chi connectivity index (χ3v) is 3.56. The van der Waals surface area contributed by atoms with Gasteiger partial charge in [-0.2, -0.15) is 0 Å². The maximum Gasteiger partial charge on any atom is 0.168 e. The molecule has 0 aliphatic heterocycles. The summed E-state index contributed by atoms with van der Waals surface area (Å²) in [5, 5.41) is 3.28. The SMILES string of the molecule is CCNC(C)c1ccc(Br)cc1Oc1ccc(F)cc1F. The summed E-state index contributed by atoms with van der Waals surface area (Å²) < 4.78 is 33.1. The Labute approximate surface area is 131 Å². The Morgan fingerprint density at radius 2 is 1.90 bits per heavy atom. The largest absolute Gasteiger partial charge is 0.454 e. The topological polar surface area (TPSA) is 21.3 Å². The summed E-state index contributed by atoms with van der Waals surface area (Å²) in [5.74, 6) is -0.824. The molecule has 0 heterocycles. The number of benzene rings is 2. The molecule has 0 fully saturated rings. The van der Waals surface area contributed by atoms with Gasteiger partial charge in [-0.3, -0.25) is 0 Å². The van der Waals surface area contributed by atoms with Crippen molar-refractivity contribution < 1.29 is 13.5 Å². The second-order valence-corrected chi connectivity index (χ2v) is 5.55. The molecule has 0 aliphatic carbocycles. The van der Waals surface area contributed by atoms with Crippen molar-refractivity contribution >= 4 is 15.9 Å². The van der Waals surface area contributed by atoms with E-state index in [0.29, 0.717) is 5.75 Å². The summed E-state index contributed by atoms with van der Waals surface area (Å²) in [4.78, 5) is 0. The van der Waals surface area contributed by atoms with Crippen LogP contribution in [0.3, 0.4) is 0 Å². The fourth-order valence-electron chi connectivity index (χ4n) is 2.05. The van der Waals surface area contributed by atoms with Crippen LogP contribution in [0.5, 0.6) is 11.5 Å². The third kappa shape index (κ3) is 4.02. The van der Waals surface area contributed by atoms with E-state index in [9.17, 15) is 8.78 Å². The zero-order chi connectivity index (χ0) is 15.4. The lowest BCUT2D eigenvalue weighted by molar-refractivity contribution is 0.426. The summed E-state index contributed by atoms with van der Waals surface area (Å²) in [6.07, 6.45) is 0. The van der Waals surface area contributed by atoms with Crippen molar-refractivity contribution in [3.63, 3.8) is 0 Å². The van der Waals surface area contributed by atoms with Gasteiger partial charge in [0.25, 0.3) is 0 Å². The van der Waals surface area contributed by atoms with Gasteiger partial charge in [0.15, 0.2) is 11.6 Å². The van der Waals surface area contributed by atoms with Crippen LogP contribution >= 0.6 is 15.9 Å². The van der Waals surface area contributed by atoms with Crippen LogP contribution in [-0.2, 0) is 0 Å². The number of hydrogen-bond acceptors (Lipinski definition) is 2. The molecule has 0 aromatic heterocycles. The van der Waals surface area contributed by atoms with Gasteiger partial charge >= 0.3 is 0 Å². The standard InChI is InChI=1S/C16H16BrF2NO/c1-3-20-10(2)13-6-4-11(17)8-16(13)21-15-7-5-12(18)9-14(15)19/h4-10,20H,3H2,1-2H3. The fraction of sp³-hybridized carbons (Fsp3) is 0.250. The Kier molecular flexibility index (Phi) is 5.31. The lowest BCUT2D eigenvalue weighted by atomic mass is 10.1. The highest BCUT2D eigenvalue weighted by Gasteiger charge is 2.14. The number of halogens is 3. The van der Waals surface area contributed by atoms with E-state index >= 15 is 0 Å². The van der Waals surface area contributed by atoms with Crippen molar-refractivity contribution in [1.29, 1.82) is 0 Å². The monoisotopic (exact) mass is 355 g/mol. The molecule has 1 N–H and O–H groups in total. The summed E-state index contributed by atoms with van der Waals surface area (Å²) >= 11 is 3.37. The van der Waals surface area contributed by atoms with E-state index in [4.69, 9.17) is 4.74 Å². The van der Waals surface area contributed by atoms with Gasteiger partial charge in [0.05, 0.1) is 0 Å². The normalized spacial score (nSPS) is 12.2. The minimum atomic E-state index is -0.725. The van der Waals surface area contributed by atoms with Gasteiger partial charge in [-0.25, -0.2) is 8.78 Å². The molecule has 2 aromatic carbocycles. The van der Waals surface area contributed by atoms with E-state index in [0.717, 1.165) is 22.6 Å². The Bertz CT molecular complexity index is 634. The molecule has 0 radical (unpaired) electrons. The molecule has 2 aromatic rings. The lowest BCUT2D eigenvalue weighted by Gasteiger charge is -2.18. The van der Waals surface area contributed by atoms with Gasteiger partial charge in [-0.05, 0) is 37.7 Å². The molecular formula is C16H16BrF2NO. The fourth-order valence-corrected chi connectivity index (χ4v) is 2.39. The number of ether oxygens (including phenoxy) is 1. The van der Waals surface area contributed by atoms with Crippen molar-refractivity contribution in [1.82, 2.24) is 5.32 Å². The molecule has 112 valence electrons. The molecule has 5 heteroatoms. The lowest BCUT2D eigenvalue weighted by Crippen LogP contribution is -2.18. The van der Waals surface area contributed by atoms with Crippen LogP contribution in [0.4, 0.5) is 8.78 Å². The van der Waals surface area contributed by atoms with Gasteiger partial charge in [0.1, 0.15) is 11.6 Å². The van der Waals surface area contributed by atoms with Crippen LogP contribution in [0.25, 0.3) is 0 Å². The van der Waals surface area contributed by atoms with Crippen LogP contribution in [0.1, 0.15) is 25.5 Å². The molecular weight excluding hydrogens is 340 g/mol. The second kappa shape index (κ2) is 7.00. The van der Waals surface area contributed by atoms with Crippen molar-refractivity contribution in [3.05, 3.63) is 58.1 Å². The summed E-state index contributed by atoms with van der Waals surface area (Å²) in [6.45, 7) is 4.82. The number of hydrogen-bond donors (Lipinski definition) is 1. The summed E-state index contributed by atoms with van der Waals surface area (Å²) in [7, 11) is 0. The molecule has 2 rings (SSSR count). The van der Waals surface area contributed by atoms with E-state index in [1.54, 1.807) is 6.07 Å². The summed E-state index contributed by atoms with van der Waals surface area (Å²) in [5.41, 5.74) is 0.906. The highest BCUT2D eigenvalue weighted by molar-refractivity contribution is 9.10. The first-order chi connectivity index (χ1) is 10.0. The molecule has 0 bridgehead atoms. The maximum atomic E-state index is 13.7. The van der Waals surface area contributed by atoms with E-state index in [1.807, 2.05) is 26.0 Å².